The Bertz CT molecular complexity index is 1780. The molecule has 1 nitrogen and oxygen atoms in total. The number of pyridine rings is 1. The second-order valence-corrected chi connectivity index (χ2v) is 29.1. The Labute approximate surface area is 244 Å². The number of rotatable bonds is 3. The van der Waals surface area contributed by atoms with E-state index in [1.54, 1.807) is 9.58 Å². The monoisotopic (exact) mass is 601 g/mol. The molecule has 5 aromatic rings. The van der Waals surface area contributed by atoms with E-state index in [4.69, 9.17) is 4.98 Å². The zero-order chi connectivity index (χ0) is 28.6. The SMILES string of the molecule is Cc1c(-c2cc[c]([Ge]([CH3])([CH3])[CH3])cc2)ccc2c1[Si](C)(C)c1c-2ccnc1-c1cc(C(C)(C)C)c2ccccc2c1. The zero-order valence-electron chi connectivity index (χ0n) is 25.5. The summed E-state index contributed by atoms with van der Waals surface area (Å²) in [4.78, 5) is 5.11. The van der Waals surface area contributed by atoms with Gasteiger partial charge in [-0.25, -0.2) is 0 Å². The molecule has 2 heterocycles. The summed E-state index contributed by atoms with van der Waals surface area (Å²) in [5.41, 5.74) is 10.8. The van der Waals surface area contributed by atoms with Crippen molar-refractivity contribution in [3.05, 3.63) is 96.2 Å². The van der Waals surface area contributed by atoms with Crippen LogP contribution in [0.5, 0.6) is 0 Å². The van der Waals surface area contributed by atoms with Crippen LogP contribution in [0.2, 0.25) is 30.4 Å². The van der Waals surface area contributed by atoms with E-state index in [9.17, 15) is 0 Å². The van der Waals surface area contributed by atoms with Gasteiger partial charge in [0.1, 0.15) is 0 Å². The molecule has 0 saturated carbocycles. The van der Waals surface area contributed by atoms with Crippen LogP contribution in [-0.4, -0.2) is 26.3 Å². The first kappa shape index (κ1) is 27.2. The molecule has 3 heteroatoms. The molecule has 4 aromatic carbocycles. The van der Waals surface area contributed by atoms with Gasteiger partial charge in [0.2, 0.25) is 0 Å². The molecule has 0 N–H and O–H groups in total. The molecule has 0 bridgehead atoms. The molecule has 1 aromatic heterocycles. The molecule has 202 valence electrons. The van der Waals surface area contributed by atoms with E-state index < -0.39 is 21.3 Å². The number of benzene rings is 4. The van der Waals surface area contributed by atoms with Crippen molar-refractivity contribution in [2.24, 2.45) is 0 Å². The molecule has 40 heavy (non-hydrogen) atoms. The molecular weight excluding hydrogens is 559 g/mol. The van der Waals surface area contributed by atoms with E-state index in [-0.39, 0.29) is 5.41 Å². The molecule has 0 spiro atoms. The standard InChI is InChI=1S/C37H41GeNSi/c1-24-29(25-14-16-28(17-15-25)38(5,6)7)18-19-31-32-20-21-39-34(36(32)40(8,9)35(24)31)27-22-26-12-10-11-13-30(26)33(23-27)37(2,3)4/h10-23H,1-9H3. The smallest absolute Gasteiger partial charge is 0.0616 e. The Morgan fingerprint density at radius 1 is 0.700 bits per heavy atom. The van der Waals surface area contributed by atoms with E-state index in [0.717, 1.165) is 0 Å². The Morgan fingerprint density at radius 3 is 2.02 bits per heavy atom. The molecule has 0 atom stereocenters. The Kier molecular flexibility index (Phi) is 6.32. The van der Waals surface area contributed by atoms with Gasteiger partial charge in [-0.2, -0.15) is 0 Å². The number of nitrogens with zero attached hydrogens (tertiary/aromatic N) is 1. The van der Waals surface area contributed by atoms with Gasteiger partial charge in [0.25, 0.3) is 0 Å². The van der Waals surface area contributed by atoms with Crippen molar-refractivity contribution >= 4 is 46.9 Å². The van der Waals surface area contributed by atoms with Gasteiger partial charge in [-0.15, -0.1) is 0 Å². The first-order valence-electron chi connectivity index (χ1n) is 14.6. The molecule has 1 aliphatic heterocycles. The van der Waals surface area contributed by atoms with Crippen LogP contribution in [0.1, 0.15) is 31.9 Å². The maximum absolute atomic E-state index is 5.11. The second-order valence-electron chi connectivity index (χ2n) is 14.2. The molecule has 1 aliphatic rings. The Balaban J connectivity index is 1.53. The summed E-state index contributed by atoms with van der Waals surface area (Å²) < 4.78 is 1.56. The summed E-state index contributed by atoms with van der Waals surface area (Å²) in [6, 6.07) is 30.1. The van der Waals surface area contributed by atoms with Gasteiger partial charge in [0, 0.05) is 0 Å². The molecular formula is C37H41GeNSi. The first-order chi connectivity index (χ1) is 18.8. The second kappa shape index (κ2) is 9.29. The molecule has 0 amide bonds. The number of hydrogen-bond acceptors (Lipinski definition) is 1. The minimum Gasteiger partial charge on any atom is -0.0616 e. The molecule has 0 aliphatic carbocycles. The maximum atomic E-state index is 5.11. The number of fused-ring (bicyclic) bond motifs is 4. The summed E-state index contributed by atoms with van der Waals surface area (Å²) >= 11 is -1.84. The van der Waals surface area contributed by atoms with Crippen LogP contribution in [0.15, 0.2) is 85.1 Å². The van der Waals surface area contributed by atoms with Crippen LogP contribution < -0.4 is 14.8 Å². The average Bonchev–Trinajstić information content (AvgIpc) is 3.14. The Hall–Kier alpha value is -2.95. The minimum atomic E-state index is -2.04. The fraction of sp³-hybridized carbons (Fsp3) is 0.270. The van der Waals surface area contributed by atoms with E-state index in [0.29, 0.717) is 0 Å². The van der Waals surface area contributed by atoms with Crippen LogP contribution >= 0.6 is 0 Å². The van der Waals surface area contributed by atoms with E-state index >= 15 is 0 Å². The predicted octanol–water partition coefficient (Wildman–Crippen LogP) is 8.52. The predicted molar refractivity (Wildman–Crippen MR) is 181 cm³/mol. The first-order valence-corrected chi connectivity index (χ1v) is 24.9. The molecule has 0 unspecified atom stereocenters. The fourth-order valence-electron chi connectivity index (χ4n) is 6.93. The fourth-order valence-corrected chi connectivity index (χ4v) is 13.3. The summed E-state index contributed by atoms with van der Waals surface area (Å²) in [5.74, 6) is 7.39. The van der Waals surface area contributed by atoms with Gasteiger partial charge in [0.05, 0.1) is 0 Å². The van der Waals surface area contributed by atoms with Crippen molar-refractivity contribution in [3.63, 3.8) is 0 Å². The number of hydrogen-bond donors (Lipinski definition) is 0. The van der Waals surface area contributed by atoms with Crippen LogP contribution in [0.3, 0.4) is 0 Å². The summed E-state index contributed by atoms with van der Waals surface area (Å²) in [7, 11) is -2.04. The zero-order valence-corrected chi connectivity index (χ0v) is 28.6. The van der Waals surface area contributed by atoms with Gasteiger partial charge in [-0.05, 0) is 21.8 Å². The third-order valence-electron chi connectivity index (χ3n) is 8.96. The average molecular weight is 600 g/mol. The molecule has 0 fully saturated rings. The van der Waals surface area contributed by atoms with Crippen molar-refractivity contribution < 1.29 is 0 Å². The van der Waals surface area contributed by atoms with Crippen molar-refractivity contribution in [3.8, 4) is 33.5 Å². The molecule has 0 radical (unpaired) electrons. The van der Waals surface area contributed by atoms with Crippen molar-refractivity contribution in [1.29, 1.82) is 0 Å². The third kappa shape index (κ3) is 4.31. The molecule has 6 rings (SSSR count). The summed E-state index contributed by atoms with van der Waals surface area (Å²) in [5, 5.41) is 5.69. The minimum absolute atomic E-state index is 0.0425. The van der Waals surface area contributed by atoms with Gasteiger partial charge < -0.3 is 0 Å². The van der Waals surface area contributed by atoms with Crippen molar-refractivity contribution in [2.45, 2.75) is 63.5 Å². The number of aromatic nitrogens is 1. The van der Waals surface area contributed by atoms with Gasteiger partial charge in [-0.1, -0.05) is 45.0 Å². The van der Waals surface area contributed by atoms with E-state index in [2.05, 4.69) is 137 Å². The van der Waals surface area contributed by atoms with Crippen molar-refractivity contribution in [2.75, 3.05) is 0 Å². The quantitative estimate of drug-likeness (QED) is 0.189. The van der Waals surface area contributed by atoms with E-state index in [1.165, 1.54) is 60.6 Å². The van der Waals surface area contributed by atoms with Crippen LogP contribution in [0.4, 0.5) is 0 Å². The van der Waals surface area contributed by atoms with E-state index in [1.807, 2.05) is 6.20 Å². The summed E-state index contributed by atoms with van der Waals surface area (Å²) in [6.07, 6.45) is 2.03. The van der Waals surface area contributed by atoms with Gasteiger partial charge in [0.15, 0.2) is 0 Å². The normalized spacial score (nSPS) is 14.3. The topological polar surface area (TPSA) is 12.9 Å². The third-order valence-corrected chi connectivity index (χ3v) is 16.9. The van der Waals surface area contributed by atoms with Crippen LogP contribution in [-0.2, 0) is 5.41 Å². The van der Waals surface area contributed by atoms with Crippen LogP contribution in [0.25, 0.3) is 44.3 Å². The van der Waals surface area contributed by atoms with Gasteiger partial charge >= 0.3 is 178 Å². The Morgan fingerprint density at radius 2 is 1.35 bits per heavy atom. The van der Waals surface area contributed by atoms with Crippen molar-refractivity contribution in [1.82, 2.24) is 4.98 Å². The summed E-state index contributed by atoms with van der Waals surface area (Å²) in [6.45, 7) is 14.4. The van der Waals surface area contributed by atoms with Gasteiger partial charge in [-0.3, -0.25) is 0 Å². The van der Waals surface area contributed by atoms with Crippen LogP contribution in [0, 0.1) is 6.92 Å². The molecule has 0 saturated heterocycles.